The van der Waals surface area contributed by atoms with Gasteiger partial charge in [-0.2, -0.15) is 0 Å². The Bertz CT molecular complexity index is 1040. The first-order chi connectivity index (χ1) is 12.8. The number of benzene rings is 3. The molecule has 1 heterocycles. The number of hydrogen-bond donors (Lipinski definition) is 0. The highest BCUT2D eigenvalue weighted by atomic mass is 16.5. The van der Waals surface area contributed by atoms with Crippen molar-refractivity contribution >= 4 is 16.8 Å². The van der Waals surface area contributed by atoms with Gasteiger partial charge in [0.1, 0.15) is 17.1 Å². The van der Waals surface area contributed by atoms with E-state index < -0.39 is 0 Å². The van der Waals surface area contributed by atoms with Crippen molar-refractivity contribution in [1.29, 1.82) is 0 Å². The molecule has 0 amide bonds. The van der Waals surface area contributed by atoms with Gasteiger partial charge in [-0.3, -0.25) is 4.79 Å². The molecule has 0 spiro atoms. The van der Waals surface area contributed by atoms with Crippen LogP contribution < -0.4 is 4.74 Å². The molecule has 1 aromatic heterocycles. The molecular formula is C23H18O3. The largest absolute Gasteiger partial charge is 0.497 e. The van der Waals surface area contributed by atoms with E-state index in [4.69, 9.17) is 9.15 Å². The Hall–Kier alpha value is -3.33. The minimum Gasteiger partial charge on any atom is -0.497 e. The van der Waals surface area contributed by atoms with E-state index in [0.29, 0.717) is 23.3 Å². The smallest absolute Gasteiger partial charge is 0.197 e. The summed E-state index contributed by atoms with van der Waals surface area (Å²) in [6.45, 7) is 0. The molecule has 0 aliphatic carbocycles. The van der Waals surface area contributed by atoms with Crippen LogP contribution in [0, 0.1) is 0 Å². The standard InChI is InChI=1S/C23H18O3/c1-25-18-13-11-17(12-14-18)23(24)22-19-9-5-6-10-20(19)26-21(22)15-16-7-3-2-4-8-16/h2-14H,15H2,1H3. The van der Waals surface area contributed by atoms with E-state index >= 15 is 0 Å². The highest BCUT2D eigenvalue weighted by Gasteiger charge is 2.22. The number of carbonyl (C=O) groups is 1. The van der Waals surface area contributed by atoms with E-state index in [2.05, 4.69) is 0 Å². The Morgan fingerprint density at radius 2 is 1.58 bits per heavy atom. The topological polar surface area (TPSA) is 39.4 Å². The van der Waals surface area contributed by atoms with Gasteiger partial charge >= 0.3 is 0 Å². The SMILES string of the molecule is COc1ccc(C(=O)c2c(Cc3ccccc3)oc3ccccc23)cc1. The first-order valence-electron chi connectivity index (χ1n) is 8.49. The molecule has 4 rings (SSSR count). The summed E-state index contributed by atoms with van der Waals surface area (Å²) in [5, 5.41) is 0.847. The third-order valence-electron chi connectivity index (χ3n) is 4.46. The van der Waals surface area contributed by atoms with Gasteiger partial charge in [-0.1, -0.05) is 48.5 Å². The number of ketones is 1. The lowest BCUT2D eigenvalue weighted by molar-refractivity contribution is 0.103. The minimum atomic E-state index is -0.0384. The van der Waals surface area contributed by atoms with Crippen LogP contribution in [0.25, 0.3) is 11.0 Å². The van der Waals surface area contributed by atoms with Crippen molar-refractivity contribution in [2.75, 3.05) is 7.11 Å². The monoisotopic (exact) mass is 342 g/mol. The molecule has 0 bridgehead atoms. The summed E-state index contributed by atoms with van der Waals surface area (Å²) >= 11 is 0. The van der Waals surface area contributed by atoms with Gasteiger partial charge < -0.3 is 9.15 Å². The Labute approximate surface area is 151 Å². The predicted octanol–water partition coefficient (Wildman–Crippen LogP) is 5.26. The molecule has 0 saturated carbocycles. The molecule has 0 radical (unpaired) electrons. The van der Waals surface area contributed by atoms with Gasteiger partial charge in [0.25, 0.3) is 0 Å². The number of rotatable bonds is 5. The molecule has 0 unspecified atom stereocenters. The van der Waals surface area contributed by atoms with E-state index in [9.17, 15) is 4.79 Å². The predicted molar refractivity (Wildman–Crippen MR) is 102 cm³/mol. The molecule has 0 aliphatic heterocycles. The van der Waals surface area contributed by atoms with Crippen molar-refractivity contribution in [3.05, 3.63) is 101 Å². The van der Waals surface area contributed by atoms with Gasteiger partial charge in [0.05, 0.1) is 12.7 Å². The van der Waals surface area contributed by atoms with Crippen molar-refractivity contribution < 1.29 is 13.9 Å². The molecule has 0 aliphatic rings. The maximum absolute atomic E-state index is 13.2. The number of ether oxygens (including phenoxy) is 1. The number of fused-ring (bicyclic) bond motifs is 1. The zero-order valence-corrected chi connectivity index (χ0v) is 14.4. The average molecular weight is 342 g/mol. The number of carbonyl (C=O) groups excluding carboxylic acids is 1. The Morgan fingerprint density at radius 3 is 2.31 bits per heavy atom. The van der Waals surface area contributed by atoms with Gasteiger partial charge in [0, 0.05) is 17.4 Å². The van der Waals surface area contributed by atoms with E-state index in [1.54, 1.807) is 31.4 Å². The quantitative estimate of drug-likeness (QED) is 0.464. The Kier molecular flexibility index (Phi) is 4.28. The Morgan fingerprint density at radius 1 is 0.885 bits per heavy atom. The highest BCUT2D eigenvalue weighted by molar-refractivity contribution is 6.16. The molecule has 0 saturated heterocycles. The number of furan rings is 1. The molecule has 0 N–H and O–H groups in total. The van der Waals surface area contributed by atoms with Crippen LogP contribution in [0.15, 0.2) is 83.3 Å². The molecule has 0 fully saturated rings. The molecule has 128 valence electrons. The van der Waals surface area contributed by atoms with Gasteiger partial charge in [0.2, 0.25) is 0 Å². The molecule has 3 nitrogen and oxygen atoms in total. The van der Waals surface area contributed by atoms with Crippen LogP contribution in [-0.4, -0.2) is 12.9 Å². The second-order valence-electron chi connectivity index (χ2n) is 6.12. The fourth-order valence-corrected chi connectivity index (χ4v) is 3.14. The van der Waals surface area contributed by atoms with Crippen LogP contribution >= 0.6 is 0 Å². The molecule has 4 aromatic rings. The van der Waals surface area contributed by atoms with E-state index in [1.807, 2.05) is 54.6 Å². The van der Waals surface area contributed by atoms with Crippen LogP contribution in [0.1, 0.15) is 27.2 Å². The molecule has 3 heteroatoms. The lowest BCUT2D eigenvalue weighted by atomic mass is 9.97. The van der Waals surface area contributed by atoms with E-state index in [-0.39, 0.29) is 5.78 Å². The van der Waals surface area contributed by atoms with Gasteiger partial charge in [-0.25, -0.2) is 0 Å². The minimum absolute atomic E-state index is 0.0384. The Balaban J connectivity index is 1.81. The van der Waals surface area contributed by atoms with Crippen molar-refractivity contribution in [2.24, 2.45) is 0 Å². The lowest BCUT2D eigenvalue weighted by Gasteiger charge is -2.05. The number of para-hydroxylation sites is 1. The van der Waals surface area contributed by atoms with Gasteiger partial charge in [0.15, 0.2) is 5.78 Å². The first kappa shape index (κ1) is 16.2. The summed E-state index contributed by atoms with van der Waals surface area (Å²) in [5.74, 6) is 1.38. The zero-order valence-electron chi connectivity index (χ0n) is 14.4. The summed E-state index contributed by atoms with van der Waals surface area (Å²) in [6, 6.07) is 24.9. The average Bonchev–Trinajstić information content (AvgIpc) is 3.06. The third kappa shape index (κ3) is 3.00. The van der Waals surface area contributed by atoms with Crippen molar-refractivity contribution in [3.63, 3.8) is 0 Å². The molecule has 0 atom stereocenters. The van der Waals surface area contributed by atoms with Crippen molar-refractivity contribution in [2.45, 2.75) is 6.42 Å². The number of methoxy groups -OCH3 is 1. The van der Waals surface area contributed by atoms with Crippen molar-refractivity contribution in [3.8, 4) is 5.75 Å². The maximum atomic E-state index is 13.2. The van der Waals surface area contributed by atoms with Crippen LogP contribution in [-0.2, 0) is 6.42 Å². The lowest BCUT2D eigenvalue weighted by Crippen LogP contribution is -2.04. The van der Waals surface area contributed by atoms with Crippen LogP contribution in [0.2, 0.25) is 0 Å². The summed E-state index contributed by atoms with van der Waals surface area (Å²) in [4.78, 5) is 13.2. The number of hydrogen-bond acceptors (Lipinski definition) is 3. The molecule has 3 aromatic carbocycles. The second kappa shape index (κ2) is 6.89. The van der Waals surface area contributed by atoms with Gasteiger partial charge in [-0.15, -0.1) is 0 Å². The molecular weight excluding hydrogens is 324 g/mol. The normalized spacial score (nSPS) is 10.8. The van der Waals surface area contributed by atoms with Crippen molar-refractivity contribution in [1.82, 2.24) is 0 Å². The third-order valence-corrected chi connectivity index (χ3v) is 4.46. The first-order valence-corrected chi connectivity index (χ1v) is 8.49. The summed E-state index contributed by atoms with van der Waals surface area (Å²) in [6.07, 6.45) is 0.576. The summed E-state index contributed by atoms with van der Waals surface area (Å²) < 4.78 is 11.2. The van der Waals surface area contributed by atoms with E-state index in [0.717, 1.165) is 22.3 Å². The van der Waals surface area contributed by atoms with Crippen LogP contribution in [0.4, 0.5) is 0 Å². The van der Waals surface area contributed by atoms with E-state index in [1.165, 1.54) is 0 Å². The summed E-state index contributed by atoms with van der Waals surface area (Å²) in [5.41, 5.74) is 3.09. The van der Waals surface area contributed by atoms with Crippen LogP contribution in [0.3, 0.4) is 0 Å². The maximum Gasteiger partial charge on any atom is 0.197 e. The van der Waals surface area contributed by atoms with Gasteiger partial charge in [-0.05, 0) is 35.9 Å². The highest BCUT2D eigenvalue weighted by Crippen LogP contribution is 2.30. The van der Waals surface area contributed by atoms with Crippen LogP contribution in [0.5, 0.6) is 5.75 Å². The fraction of sp³-hybridized carbons (Fsp3) is 0.0870. The molecule has 26 heavy (non-hydrogen) atoms. The second-order valence-corrected chi connectivity index (χ2v) is 6.12. The fourth-order valence-electron chi connectivity index (χ4n) is 3.14. The zero-order chi connectivity index (χ0) is 17.9. The summed E-state index contributed by atoms with van der Waals surface area (Å²) in [7, 11) is 1.61.